The highest BCUT2D eigenvalue weighted by atomic mass is 16.5. The summed E-state index contributed by atoms with van der Waals surface area (Å²) in [6.45, 7) is 6.86. The first kappa shape index (κ1) is 18.0. The number of hydrogen-bond acceptors (Lipinski definition) is 3. The van der Waals surface area contributed by atoms with E-state index in [1.165, 1.54) is 0 Å². The molecule has 0 saturated carbocycles. The summed E-state index contributed by atoms with van der Waals surface area (Å²) < 4.78 is 7.73. The number of fused-ring (bicyclic) bond motifs is 1. The maximum atomic E-state index is 12.0. The summed E-state index contributed by atoms with van der Waals surface area (Å²) in [6.07, 6.45) is 0.684. The van der Waals surface area contributed by atoms with Crippen LogP contribution in [0.4, 0.5) is 0 Å². The van der Waals surface area contributed by atoms with E-state index in [9.17, 15) is 4.79 Å². The molecule has 0 unspecified atom stereocenters. The zero-order valence-corrected chi connectivity index (χ0v) is 15.5. The molecule has 3 rings (SSSR count). The number of imidazole rings is 1. The van der Waals surface area contributed by atoms with Crippen molar-refractivity contribution in [1.82, 2.24) is 14.9 Å². The zero-order valence-electron chi connectivity index (χ0n) is 15.5. The number of ether oxygens (including phenoxy) is 1. The van der Waals surface area contributed by atoms with Gasteiger partial charge in [0.05, 0.1) is 11.0 Å². The second-order valence-electron chi connectivity index (χ2n) is 6.68. The van der Waals surface area contributed by atoms with Gasteiger partial charge in [0.2, 0.25) is 0 Å². The van der Waals surface area contributed by atoms with E-state index in [1.54, 1.807) is 0 Å². The Kier molecular flexibility index (Phi) is 5.56. The lowest BCUT2D eigenvalue weighted by molar-refractivity contribution is -0.123. The van der Waals surface area contributed by atoms with E-state index in [0.717, 1.165) is 22.4 Å². The molecule has 5 heteroatoms. The topological polar surface area (TPSA) is 56.1 Å². The van der Waals surface area contributed by atoms with Crippen molar-refractivity contribution in [3.63, 3.8) is 0 Å². The molecule has 0 spiro atoms. The molecule has 1 N–H and O–H groups in total. The number of carbonyl (C=O) groups excluding carboxylic acids is 1. The van der Waals surface area contributed by atoms with Gasteiger partial charge in [0, 0.05) is 19.0 Å². The van der Waals surface area contributed by atoms with E-state index in [4.69, 9.17) is 9.72 Å². The van der Waals surface area contributed by atoms with E-state index in [1.807, 2.05) is 49.4 Å². The Morgan fingerprint density at radius 3 is 2.62 bits per heavy atom. The maximum Gasteiger partial charge on any atom is 0.257 e. The van der Waals surface area contributed by atoms with Crippen molar-refractivity contribution in [2.45, 2.75) is 33.2 Å². The van der Waals surface area contributed by atoms with Crippen molar-refractivity contribution in [3.05, 3.63) is 59.9 Å². The minimum absolute atomic E-state index is 0.0175. The molecule has 0 radical (unpaired) electrons. The molecule has 0 aliphatic heterocycles. The lowest BCUT2D eigenvalue weighted by Gasteiger charge is -2.13. The van der Waals surface area contributed by atoms with E-state index in [-0.39, 0.29) is 12.5 Å². The molecular weight excluding hydrogens is 326 g/mol. The summed E-state index contributed by atoms with van der Waals surface area (Å²) in [6, 6.07) is 16.1. The van der Waals surface area contributed by atoms with Gasteiger partial charge in [-0.3, -0.25) is 4.79 Å². The zero-order chi connectivity index (χ0) is 18.5. The van der Waals surface area contributed by atoms with Crippen molar-refractivity contribution in [2.75, 3.05) is 13.2 Å². The van der Waals surface area contributed by atoms with Gasteiger partial charge in [0.15, 0.2) is 6.61 Å². The predicted molar refractivity (Wildman–Crippen MR) is 104 cm³/mol. The van der Waals surface area contributed by atoms with Crippen LogP contribution in [0.5, 0.6) is 5.75 Å². The Morgan fingerprint density at radius 2 is 1.88 bits per heavy atom. The highest BCUT2D eigenvalue weighted by Gasteiger charge is 2.13. The fourth-order valence-corrected chi connectivity index (χ4v) is 3.00. The summed E-state index contributed by atoms with van der Waals surface area (Å²) in [5, 5.41) is 2.91. The summed E-state index contributed by atoms with van der Waals surface area (Å²) >= 11 is 0. The minimum Gasteiger partial charge on any atom is -0.484 e. The second-order valence-corrected chi connectivity index (χ2v) is 6.68. The Bertz CT molecular complexity index is 882. The third-order valence-electron chi connectivity index (χ3n) is 4.25. The fraction of sp³-hybridized carbons (Fsp3) is 0.333. The minimum atomic E-state index is -0.127. The van der Waals surface area contributed by atoms with Crippen LogP contribution in [0.25, 0.3) is 11.0 Å². The number of hydrogen-bond donors (Lipinski definition) is 1. The van der Waals surface area contributed by atoms with E-state index in [0.29, 0.717) is 24.8 Å². The number of aromatic nitrogens is 2. The number of carbonyl (C=O) groups is 1. The molecule has 26 heavy (non-hydrogen) atoms. The molecular formula is C21H25N3O2. The summed E-state index contributed by atoms with van der Waals surface area (Å²) in [5.74, 6) is 1.56. The van der Waals surface area contributed by atoms with Gasteiger partial charge in [-0.25, -0.2) is 4.98 Å². The lowest BCUT2D eigenvalue weighted by atomic mass is 10.2. The summed E-state index contributed by atoms with van der Waals surface area (Å²) in [5.41, 5.74) is 3.28. The van der Waals surface area contributed by atoms with E-state index in [2.05, 4.69) is 29.8 Å². The molecule has 5 nitrogen and oxygen atoms in total. The Morgan fingerprint density at radius 1 is 1.15 bits per heavy atom. The first-order valence-corrected chi connectivity index (χ1v) is 8.96. The van der Waals surface area contributed by atoms with Crippen LogP contribution in [0.1, 0.15) is 31.3 Å². The van der Waals surface area contributed by atoms with E-state index >= 15 is 0 Å². The summed E-state index contributed by atoms with van der Waals surface area (Å²) in [7, 11) is 0. The molecule has 1 heterocycles. The summed E-state index contributed by atoms with van der Waals surface area (Å²) in [4.78, 5) is 16.7. The quantitative estimate of drug-likeness (QED) is 0.707. The van der Waals surface area contributed by atoms with Crippen LogP contribution < -0.4 is 10.1 Å². The Hall–Kier alpha value is -2.82. The largest absolute Gasteiger partial charge is 0.484 e. The molecule has 136 valence electrons. The number of rotatable bonds is 7. The molecule has 0 atom stereocenters. The van der Waals surface area contributed by atoms with E-state index < -0.39 is 0 Å². The molecule has 0 saturated heterocycles. The van der Waals surface area contributed by atoms with Crippen molar-refractivity contribution in [2.24, 2.45) is 0 Å². The average Bonchev–Trinajstić information content (AvgIpc) is 2.99. The van der Waals surface area contributed by atoms with Gasteiger partial charge in [-0.15, -0.1) is 0 Å². The molecule has 0 bridgehead atoms. The molecule has 1 amide bonds. The van der Waals surface area contributed by atoms with Gasteiger partial charge in [-0.2, -0.15) is 0 Å². The van der Waals surface area contributed by atoms with Crippen molar-refractivity contribution >= 4 is 16.9 Å². The molecule has 1 aromatic heterocycles. The van der Waals surface area contributed by atoms with Crippen LogP contribution in [0.3, 0.4) is 0 Å². The molecule has 0 fully saturated rings. The first-order valence-electron chi connectivity index (χ1n) is 8.96. The Balaban J connectivity index is 1.54. The van der Waals surface area contributed by atoms with Crippen LogP contribution in [-0.4, -0.2) is 28.6 Å². The number of amides is 1. The number of nitrogens with one attached hydrogen (secondary N) is 1. The fourth-order valence-electron chi connectivity index (χ4n) is 3.00. The Labute approximate surface area is 154 Å². The van der Waals surface area contributed by atoms with Crippen LogP contribution in [0.2, 0.25) is 0 Å². The molecule has 3 aromatic rings. The van der Waals surface area contributed by atoms with Crippen molar-refractivity contribution in [3.8, 4) is 5.75 Å². The van der Waals surface area contributed by atoms with Gasteiger partial charge in [0.25, 0.3) is 5.91 Å². The third kappa shape index (κ3) is 4.23. The van der Waals surface area contributed by atoms with Gasteiger partial charge in [0.1, 0.15) is 11.6 Å². The molecule has 0 aliphatic rings. The smallest absolute Gasteiger partial charge is 0.257 e. The van der Waals surface area contributed by atoms with Gasteiger partial charge < -0.3 is 14.6 Å². The van der Waals surface area contributed by atoms with Crippen molar-refractivity contribution in [1.29, 1.82) is 0 Å². The standard InChI is InChI=1S/C21H25N3O2/c1-15(2)24-19-7-5-4-6-18(19)23-20(24)12-13-22-21(25)14-26-17-10-8-16(3)9-11-17/h4-11,15H,12-14H2,1-3H3,(H,22,25). The highest BCUT2D eigenvalue weighted by Crippen LogP contribution is 2.21. The monoisotopic (exact) mass is 351 g/mol. The number of aryl methyl sites for hydroxylation is 1. The van der Waals surface area contributed by atoms with Crippen LogP contribution in [-0.2, 0) is 11.2 Å². The van der Waals surface area contributed by atoms with Crippen LogP contribution >= 0.6 is 0 Å². The lowest BCUT2D eigenvalue weighted by Crippen LogP contribution is -2.31. The molecule has 2 aromatic carbocycles. The first-order chi connectivity index (χ1) is 12.5. The predicted octanol–water partition coefficient (Wildman–Crippen LogP) is 3.66. The number of nitrogens with zero attached hydrogens (tertiary/aromatic N) is 2. The maximum absolute atomic E-state index is 12.0. The van der Waals surface area contributed by atoms with Gasteiger partial charge >= 0.3 is 0 Å². The third-order valence-corrected chi connectivity index (χ3v) is 4.25. The van der Waals surface area contributed by atoms with Gasteiger partial charge in [-0.1, -0.05) is 29.8 Å². The average molecular weight is 351 g/mol. The normalized spacial score (nSPS) is 11.1. The van der Waals surface area contributed by atoms with Crippen LogP contribution in [0, 0.1) is 6.92 Å². The van der Waals surface area contributed by atoms with Gasteiger partial charge in [-0.05, 0) is 45.0 Å². The van der Waals surface area contributed by atoms with Crippen molar-refractivity contribution < 1.29 is 9.53 Å². The number of benzene rings is 2. The highest BCUT2D eigenvalue weighted by molar-refractivity contribution is 5.78. The second kappa shape index (κ2) is 8.04. The SMILES string of the molecule is Cc1ccc(OCC(=O)NCCc2nc3ccccc3n2C(C)C)cc1. The molecule has 0 aliphatic carbocycles. The van der Waals surface area contributed by atoms with Crippen LogP contribution in [0.15, 0.2) is 48.5 Å². The number of para-hydroxylation sites is 2.